The topological polar surface area (TPSA) is 68.2 Å². The highest BCUT2D eigenvalue weighted by atomic mass is 35.5. The quantitative estimate of drug-likeness (QED) is 0.287. The van der Waals surface area contributed by atoms with Gasteiger partial charge in [0.15, 0.2) is 5.69 Å². The molecule has 2 N–H and O–H groups in total. The van der Waals surface area contributed by atoms with E-state index in [-0.39, 0.29) is 11.9 Å². The molecule has 2 aliphatic carbocycles. The second-order valence-corrected chi connectivity index (χ2v) is 11.6. The summed E-state index contributed by atoms with van der Waals surface area (Å²) >= 11 is 12.8. The maximum absolute atomic E-state index is 13.7. The zero-order chi connectivity index (χ0) is 27.0. The molecule has 39 heavy (non-hydrogen) atoms. The molecule has 0 atom stereocenters. The van der Waals surface area contributed by atoms with Gasteiger partial charge in [-0.3, -0.25) is 4.79 Å². The molecule has 2 aliphatic rings. The monoisotopic (exact) mass is 568 g/mol. The number of rotatable bonds is 8. The maximum atomic E-state index is 13.7. The number of hydrogen-bond donors (Lipinski definition) is 2. The van der Waals surface area contributed by atoms with Crippen LogP contribution in [-0.2, 0) is 6.54 Å². The van der Waals surface area contributed by atoms with Crippen LogP contribution in [0.15, 0.2) is 48.5 Å². The number of benzene rings is 2. The van der Waals surface area contributed by atoms with E-state index in [4.69, 9.17) is 33.0 Å². The number of halogens is 2. The Labute approximate surface area is 241 Å². The molecule has 208 valence electrons. The Balaban J connectivity index is 1.53. The van der Waals surface area contributed by atoms with E-state index < -0.39 is 0 Å². The molecule has 2 aromatic carbocycles. The van der Waals surface area contributed by atoms with Crippen LogP contribution in [0.3, 0.4) is 0 Å². The van der Waals surface area contributed by atoms with Crippen LogP contribution in [-0.4, -0.2) is 27.8 Å². The van der Waals surface area contributed by atoms with Crippen LogP contribution in [0, 0.1) is 0 Å². The second-order valence-electron chi connectivity index (χ2n) is 10.8. The van der Waals surface area contributed by atoms with Crippen molar-refractivity contribution < 1.29 is 9.53 Å². The summed E-state index contributed by atoms with van der Waals surface area (Å²) in [6, 6.07) is 15.3. The van der Waals surface area contributed by atoms with Crippen LogP contribution in [0.2, 0.25) is 10.0 Å². The minimum absolute atomic E-state index is 0.164. The molecule has 8 heteroatoms. The number of amides is 1. The second kappa shape index (κ2) is 13.7. The summed E-state index contributed by atoms with van der Waals surface area (Å²) in [5.41, 5.74) is 1.77. The molecule has 5 rings (SSSR count). The first-order chi connectivity index (χ1) is 19.1. The Morgan fingerprint density at radius 1 is 0.846 bits per heavy atom. The lowest BCUT2D eigenvalue weighted by atomic mass is 9.95. The van der Waals surface area contributed by atoms with E-state index in [0.717, 1.165) is 44.1 Å². The van der Waals surface area contributed by atoms with Crippen molar-refractivity contribution in [2.45, 2.75) is 95.7 Å². The summed E-state index contributed by atoms with van der Waals surface area (Å²) in [5, 5.41) is 13.0. The number of ether oxygens (including phenoxy) is 1. The van der Waals surface area contributed by atoms with E-state index in [1.54, 1.807) is 16.8 Å². The Morgan fingerprint density at radius 3 is 2.15 bits per heavy atom. The highest BCUT2D eigenvalue weighted by Gasteiger charge is 2.28. The summed E-state index contributed by atoms with van der Waals surface area (Å²) in [4.78, 5) is 13.7. The molecule has 0 saturated heterocycles. The lowest BCUT2D eigenvalue weighted by Crippen LogP contribution is -2.37. The molecule has 2 fully saturated rings. The standard InChI is InChI=1S/C31H38Cl2N4O2/c32-22-17-19-25(20-18-22)39-31-26(21-34-23-11-5-2-1-3-6-12-23)29(30(38)35-24-13-7-4-8-14-24)36-37(31)28-16-10-9-15-27(28)33/h9-10,15-20,23-24,34H,1-8,11-14,21H2,(H,35,38). The molecule has 0 bridgehead atoms. The van der Waals surface area contributed by atoms with Crippen LogP contribution in [0.1, 0.15) is 93.1 Å². The number of hydrogen-bond acceptors (Lipinski definition) is 4. The van der Waals surface area contributed by atoms with Crippen molar-refractivity contribution in [3.8, 4) is 17.3 Å². The van der Waals surface area contributed by atoms with E-state index in [2.05, 4.69) is 10.6 Å². The predicted octanol–water partition coefficient (Wildman–Crippen LogP) is 8.24. The van der Waals surface area contributed by atoms with Crippen LogP contribution in [0.4, 0.5) is 0 Å². The first kappa shape index (κ1) is 28.0. The molecular formula is C31H38Cl2N4O2. The van der Waals surface area contributed by atoms with Gasteiger partial charge in [0.05, 0.1) is 16.3 Å². The molecule has 0 aliphatic heterocycles. The van der Waals surface area contributed by atoms with Gasteiger partial charge in [-0.25, -0.2) is 0 Å². The highest BCUT2D eigenvalue weighted by Crippen LogP contribution is 2.34. The predicted molar refractivity (Wildman–Crippen MR) is 157 cm³/mol. The fraction of sp³-hybridized carbons (Fsp3) is 0.484. The molecule has 1 amide bonds. The summed E-state index contributed by atoms with van der Waals surface area (Å²) in [6.45, 7) is 0.478. The van der Waals surface area contributed by atoms with Crippen molar-refractivity contribution >= 4 is 29.1 Å². The van der Waals surface area contributed by atoms with Gasteiger partial charge in [-0.2, -0.15) is 9.78 Å². The summed E-state index contributed by atoms with van der Waals surface area (Å²) in [5.74, 6) is 0.930. The van der Waals surface area contributed by atoms with Crippen LogP contribution >= 0.6 is 23.2 Å². The average Bonchev–Trinajstić information content (AvgIpc) is 3.28. The smallest absolute Gasteiger partial charge is 0.272 e. The Kier molecular flexibility index (Phi) is 9.83. The van der Waals surface area contributed by atoms with Gasteiger partial charge in [0.25, 0.3) is 5.91 Å². The number of nitrogens with zero attached hydrogens (tertiary/aromatic N) is 2. The fourth-order valence-corrected chi connectivity index (χ4v) is 6.03. The van der Waals surface area contributed by atoms with Gasteiger partial charge in [0, 0.05) is 23.7 Å². The van der Waals surface area contributed by atoms with Crippen LogP contribution < -0.4 is 15.4 Å². The summed E-state index contributed by atoms with van der Waals surface area (Å²) in [6.07, 6.45) is 14.1. The van der Waals surface area contributed by atoms with Gasteiger partial charge in [0.1, 0.15) is 5.75 Å². The minimum atomic E-state index is -0.164. The summed E-state index contributed by atoms with van der Waals surface area (Å²) < 4.78 is 8.14. The zero-order valence-corrected chi connectivity index (χ0v) is 23.9. The van der Waals surface area contributed by atoms with E-state index >= 15 is 0 Å². The highest BCUT2D eigenvalue weighted by molar-refractivity contribution is 6.32. The first-order valence-corrected chi connectivity index (χ1v) is 15.2. The molecule has 1 heterocycles. The largest absolute Gasteiger partial charge is 0.439 e. The minimum Gasteiger partial charge on any atom is -0.439 e. The van der Waals surface area contributed by atoms with E-state index in [1.807, 2.05) is 36.4 Å². The molecule has 1 aromatic heterocycles. The molecule has 6 nitrogen and oxygen atoms in total. The third-order valence-electron chi connectivity index (χ3n) is 7.87. The number of para-hydroxylation sites is 1. The van der Waals surface area contributed by atoms with Gasteiger partial charge >= 0.3 is 0 Å². The number of aromatic nitrogens is 2. The first-order valence-electron chi connectivity index (χ1n) is 14.4. The van der Waals surface area contributed by atoms with Gasteiger partial charge in [-0.1, -0.05) is 86.7 Å². The molecule has 0 radical (unpaired) electrons. The molecule has 2 saturated carbocycles. The van der Waals surface area contributed by atoms with Crippen molar-refractivity contribution in [2.24, 2.45) is 0 Å². The molecule has 0 unspecified atom stereocenters. The zero-order valence-electron chi connectivity index (χ0n) is 22.4. The van der Waals surface area contributed by atoms with Gasteiger partial charge in [0.2, 0.25) is 5.88 Å². The Morgan fingerprint density at radius 2 is 1.46 bits per heavy atom. The maximum Gasteiger partial charge on any atom is 0.272 e. The van der Waals surface area contributed by atoms with E-state index in [0.29, 0.717) is 45.6 Å². The lowest BCUT2D eigenvalue weighted by Gasteiger charge is -2.23. The lowest BCUT2D eigenvalue weighted by molar-refractivity contribution is 0.0921. The third kappa shape index (κ3) is 7.36. The number of carbonyl (C=O) groups excluding carboxylic acids is 1. The van der Waals surface area contributed by atoms with E-state index in [1.165, 1.54) is 38.5 Å². The number of nitrogens with one attached hydrogen (secondary N) is 2. The average molecular weight is 570 g/mol. The molecular weight excluding hydrogens is 531 g/mol. The number of carbonyl (C=O) groups is 1. The van der Waals surface area contributed by atoms with Crippen molar-refractivity contribution in [1.82, 2.24) is 20.4 Å². The fourth-order valence-electron chi connectivity index (χ4n) is 5.69. The van der Waals surface area contributed by atoms with E-state index in [9.17, 15) is 4.79 Å². The summed E-state index contributed by atoms with van der Waals surface area (Å²) in [7, 11) is 0. The van der Waals surface area contributed by atoms with Gasteiger partial charge in [-0.15, -0.1) is 0 Å². The van der Waals surface area contributed by atoms with Crippen LogP contribution in [0.25, 0.3) is 5.69 Å². The Bertz CT molecular complexity index is 1230. The van der Waals surface area contributed by atoms with Crippen molar-refractivity contribution in [3.63, 3.8) is 0 Å². The van der Waals surface area contributed by atoms with Crippen LogP contribution in [0.5, 0.6) is 11.6 Å². The van der Waals surface area contributed by atoms with Crippen molar-refractivity contribution in [3.05, 3.63) is 69.8 Å². The van der Waals surface area contributed by atoms with Crippen molar-refractivity contribution in [1.29, 1.82) is 0 Å². The third-order valence-corrected chi connectivity index (χ3v) is 8.44. The molecule has 3 aromatic rings. The Hall–Kier alpha value is -2.54. The normalized spacial score (nSPS) is 17.4. The molecule has 0 spiro atoms. The van der Waals surface area contributed by atoms with Gasteiger partial charge in [-0.05, 0) is 62.1 Å². The van der Waals surface area contributed by atoms with Crippen molar-refractivity contribution in [2.75, 3.05) is 0 Å². The SMILES string of the molecule is O=C(NC1CCCCC1)c1nn(-c2ccccc2Cl)c(Oc2ccc(Cl)cc2)c1CNC1CCCCCCC1. The van der Waals surface area contributed by atoms with Gasteiger partial charge < -0.3 is 15.4 Å².